The Hall–Kier alpha value is -1.64. The second-order valence-electron chi connectivity index (χ2n) is 11.1. The van der Waals surface area contributed by atoms with E-state index in [1.54, 1.807) is 19.1 Å². The summed E-state index contributed by atoms with van der Waals surface area (Å²) in [6.07, 6.45) is 5.50. The third kappa shape index (κ3) is 2.69. The maximum atomic E-state index is 13.8. The molecule has 33 heavy (non-hydrogen) atoms. The summed E-state index contributed by atoms with van der Waals surface area (Å²) in [6, 6.07) is 0. The Morgan fingerprint density at radius 3 is 2.73 bits per heavy atom. The summed E-state index contributed by atoms with van der Waals surface area (Å²) in [5, 5.41) is 31.9. The standard InChI is InChI=1S/C26H32O7/c1-12-11-32-26(24(31)21(12)29)18(10-27)20-16-5-6-17-15(19(16)22(30)23(20)33-26)4-3-13-9-14(28)7-8-25(13,17)2/h7-9,12,15,17-18,20-21,23-24,27,29,31H,3-6,10-11H2,1-2H3/t12-,15+,17-,18-,20-,21+,23+,24-,25-,26-/m0/s1. The molecule has 0 radical (unpaired) electrons. The van der Waals surface area contributed by atoms with Crippen molar-refractivity contribution in [1.29, 1.82) is 0 Å². The minimum Gasteiger partial charge on any atom is -0.396 e. The van der Waals surface area contributed by atoms with Gasteiger partial charge < -0.3 is 24.8 Å². The second kappa shape index (κ2) is 7.18. The fourth-order valence-corrected chi connectivity index (χ4v) is 7.87. The van der Waals surface area contributed by atoms with E-state index in [4.69, 9.17) is 9.47 Å². The SMILES string of the molecule is C[C@H]1CO[C@@]2(O[C@H]3C(=O)C4=C(CC[C@H]5[C@H]4CCC4=CC(=O)C=C[C@@]45C)[C@H]3[C@@H]2CO)[C@@H](O)[C@@H]1O. The van der Waals surface area contributed by atoms with Crippen LogP contribution in [0, 0.1) is 35.0 Å². The molecule has 10 atom stereocenters. The number of aliphatic hydroxyl groups is 3. The topological polar surface area (TPSA) is 113 Å². The summed E-state index contributed by atoms with van der Waals surface area (Å²) in [5.74, 6) is -2.49. The highest BCUT2D eigenvalue weighted by Gasteiger charge is 2.68. The summed E-state index contributed by atoms with van der Waals surface area (Å²) in [4.78, 5) is 25.7. The van der Waals surface area contributed by atoms with E-state index >= 15 is 0 Å². The monoisotopic (exact) mass is 456 g/mol. The number of ketones is 2. The molecule has 0 aromatic carbocycles. The lowest BCUT2D eigenvalue weighted by Gasteiger charge is -2.50. The number of fused-ring (bicyclic) bond motifs is 6. The normalized spacial score (nSPS) is 50.8. The minimum absolute atomic E-state index is 0.0372. The van der Waals surface area contributed by atoms with Crippen LogP contribution in [-0.2, 0) is 19.1 Å². The van der Waals surface area contributed by atoms with Gasteiger partial charge in [-0.1, -0.05) is 31.1 Å². The zero-order chi connectivity index (χ0) is 23.3. The van der Waals surface area contributed by atoms with Crippen LogP contribution in [0.4, 0.5) is 0 Å². The molecule has 7 nitrogen and oxygen atoms in total. The Morgan fingerprint density at radius 2 is 1.97 bits per heavy atom. The fraction of sp³-hybridized carbons (Fsp3) is 0.692. The van der Waals surface area contributed by atoms with E-state index in [-0.39, 0.29) is 53.9 Å². The van der Waals surface area contributed by atoms with Gasteiger partial charge in [-0.05, 0) is 49.7 Å². The molecule has 1 saturated carbocycles. The molecular formula is C26H32O7. The molecule has 2 heterocycles. The zero-order valence-corrected chi connectivity index (χ0v) is 19.1. The van der Waals surface area contributed by atoms with Gasteiger partial charge in [-0.2, -0.15) is 0 Å². The third-order valence-corrected chi connectivity index (χ3v) is 9.63. The van der Waals surface area contributed by atoms with Crippen LogP contribution in [0.1, 0.15) is 39.5 Å². The van der Waals surface area contributed by atoms with Crippen molar-refractivity contribution in [2.24, 2.45) is 35.0 Å². The first kappa shape index (κ1) is 21.9. The second-order valence-corrected chi connectivity index (χ2v) is 11.1. The third-order valence-electron chi connectivity index (χ3n) is 9.63. The quantitative estimate of drug-likeness (QED) is 0.548. The molecule has 6 aliphatic rings. The van der Waals surface area contributed by atoms with E-state index in [1.165, 1.54) is 0 Å². The van der Waals surface area contributed by atoms with Gasteiger partial charge in [0.2, 0.25) is 5.79 Å². The van der Waals surface area contributed by atoms with Crippen molar-refractivity contribution < 1.29 is 34.4 Å². The number of aliphatic hydroxyl groups excluding tert-OH is 3. The summed E-state index contributed by atoms with van der Waals surface area (Å²) >= 11 is 0. The highest BCUT2D eigenvalue weighted by Crippen LogP contribution is 2.62. The fourth-order valence-electron chi connectivity index (χ4n) is 7.87. The van der Waals surface area contributed by atoms with Crippen LogP contribution in [0.2, 0.25) is 0 Å². The van der Waals surface area contributed by atoms with Crippen LogP contribution in [0.3, 0.4) is 0 Å². The Bertz CT molecular complexity index is 1010. The maximum Gasteiger partial charge on any atom is 0.203 e. The molecule has 0 amide bonds. The highest BCUT2D eigenvalue weighted by molar-refractivity contribution is 6.04. The van der Waals surface area contributed by atoms with Crippen molar-refractivity contribution in [2.75, 3.05) is 13.2 Å². The lowest BCUT2D eigenvalue weighted by Crippen LogP contribution is -2.62. The minimum atomic E-state index is -1.57. The van der Waals surface area contributed by atoms with Crippen LogP contribution in [0.25, 0.3) is 0 Å². The van der Waals surface area contributed by atoms with Gasteiger partial charge in [-0.15, -0.1) is 0 Å². The Balaban J connectivity index is 1.37. The molecule has 3 fully saturated rings. The van der Waals surface area contributed by atoms with E-state index in [0.717, 1.165) is 42.4 Å². The number of hydrogen-bond acceptors (Lipinski definition) is 7. The van der Waals surface area contributed by atoms with E-state index in [1.807, 2.05) is 6.08 Å². The van der Waals surface area contributed by atoms with Gasteiger partial charge in [-0.25, -0.2) is 0 Å². The summed E-state index contributed by atoms with van der Waals surface area (Å²) in [7, 11) is 0. The molecule has 6 rings (SSSR count). The first-order chi connectivity index (χ1) is 15.7. The Morgan fingerprint density at radius 1 is 1.18 bits per heavy atom. The molecular weight excluding hydrogens is 424 g/mol. The largest absolute Gasteiger partial charge is 0.396 e. The molecule has 3 N–H and O–H groups in total. The number of rotatable bonds is 1. The number of carbonyl (C=O) groups is 2. The van der Waals surface area contributed by atoms with Gasteiger partial charge in [0, 0.05) is 28.7 Å². The number of allylic oxidation sites excluding steroid dienone is 4. The van der Waals surface area contributed by atoms with Crippen LogP contribution in [0.15, 0.2) is 34.9 Å². The first-order valence-electron chi connectivity index (χ1n) is 12.2. The Kier molecular flexibility index (Phi) is 4.76. The average molecular weight is 457 g/mol. The summed E-state index contributed by atoms with van der Waals surface area (Å²) in [6.45, 7) is 3.86. The molecule has 2 aliphatic heterocycles. The van der Waals surface area contributed by atoms with Gasteiger partial charge >= 0.3 is 0 Å². The molecule has 178 valence electrons. The molecule has 0 aromatic rings. The Labute approximate surface area is 193 Å². The lowest BCUT2D eigenvalue weighted by molar-refractivity contribution is -0.337. The van der Waals surface area contributed by atoms with Gasteiger partial charge in [-0.3, -0.25) is 9.59 Å². The molecule has 4 aliphatic carbocycles. The van der Waals surface area contributed by atoms with Crippen LogP contribution in [-0.4, -0.2) is 64.2 Å². The van der Waals surface area contributed by atoms with Crippen LogP contribution >= 0.6 is 0 Å². The predicted octanol–water partition coefficient (Wildman–Crippen LogP) is 1.47. The van der Waals surface area contributed by atoms with E-state index in [0.29, 0.717) is 0 Å². The number of ether oxygens (including phenoxy) is 2. The van der Waals surface area contributed by atoms with E-state index in [2.05, 4.69) is 6.92 Å². The molecule has 7 heteroatoms. The molecule has 0 aromatic heterocycles. The maximum absolute atomic E-state index is 13.8. The predicted molar refractivity (Wildman–Crippen MR) is 117 cm³/mol. The molecule has 2 saturated heterocycles. The van der Waals surface area contributed by atoms with Crippen LogP contribution < -0.4 is 0 Å². The summed E-state index contributed by atoms with van der Waals surface area (Å²) < 4.78 is 12.2. The van der Waals surface area contributed by atoms with Crippen molar-refractivity contribution in [3.8, 4) is 0 Å². The van der Waals surface area contributed by atoms with E-state index in [9.17, 15) is 24.9 Å². The average Bonchev–Trinajstić information content (AvgIpc) is 3.28. The van der Waals surface area contributed by atoms with Crippen molar-refractivity contribution in [2.45, 2.75) is 63.6 Å². The zero-order valence-electron chi connectivity index (χ0n) is 19.1. The van der Waals surface area contributed by atoms with Crippen molar-refractivity contribution in [1.82, 2.24) is 0 Å². The van der Waals surface area contributed by atoms with Crippen molar-refractivity contribution in [3.05, 3.63) is 34.9 Å². The smallest absolute Gasteiger partial charge is 0.203 e. The van der Waals surface area contributed by atoms with E-state index < -0.39 is 30.0 Å². The number of carbonyl (C=O) groups excluding carboxylic acids is 2. The molecule has 0 unspecified atom stereocenters. The number of Topliss-reactive ketones (excluding diaryl/α,β-unsaturated/α-hetero) is 1. The van der Waals surface area contributed by atoms with Gasteiger partial charge in [0.15, 0.2) is 11.6 Å². The lowest BCUT2D eigenvalue weighted by atomic mass is 9.53. The van der Waals surface area contributed by atoms with Crippen molar-refractivity contribution in [3.63, 3.8) is 0 Å². The molecule has 0 bridgehead atoms. The van der Waals surface area contributed by atoms with Crippen molar-refractivity contribution >= 4 is 11.6 Å². The molecule has 1 spiro atoms. The first-order valence-corrected chi connectivity index (χ1v) is 12.2. The van der Waals surface area contributed by atoms with Gasteiger partial charge in [0.25, 0.3) is 0 Å². The van der Waals surface area contributed by atoms with Crippen LogP contribution in [0.5, 0.6) is 0 Å². The number of hydrogen-bond donors (Lipinski definition) is 3. The van der Waals surface area contributed by atoms with Gasteiger partial charge in [0.05, 0.1) is 19.3 Å². The van der Waals surface area contributed by atoms with Gasteiger partial charge in [0.1, 0.15) is 12.2 Å². The summed E-state index contributed by atoms with van der Waals surface area (Å²) in [5.41, 5.74) is 2.82. The highest BCUT2D eigenvalue weighted by atomic mass is 16.7.